The smallest absolute Gasteiger partial charge is 0.217 e. The molecular weight excluding hydrogens is 154 g/mol. The van der Waals surface area contributed by atoms with Crippen molar-refractivity contribution in [3.05, 3.63) is 24.3 Å². The number of nitrogens with one attached hydrogen (secondary N) is 1. The minimum Gasteiger partial charge on any atom is -0.348 e. The van der Waals surface area contributed by atoms with Crippen LogP contribution in [0.1, 0.15) is 25.6 Å². The van der Waals surface area contributed by atoms with Gasteiger partial charge in [0.25, 0.3) is 0 Å². The van der Waals surface area contributed by atoms with Crippen LogP contribution in [0.15, 0.2) is 18.6 Å². The molecule has 0 spiro atoms. The van der Waals surface area contributed by atoms with Crippen molar-refractivity contribution in [1.29, 1.82) is 0 Å². The molecule has 1 heterocycles. The van der Waals surface area contributed by atoms with E-state index in [1.807, 2.05) is 6.92 Å². The van der Waals surface area contributed by atoms with Gasteiger partial charge in [0.1, 0.15) is 0 Å². The first-order chi connectivity index (χ1) is 5.70. The van der Waals surface area contributed by atoms with Gasteiger partial charge < -0.3 is 5.32 Å². The zero-order chi connectivity index (χ0) is 8.97. The molecule has 1 rings (SSSR count). The molecule has 0 aliphatic rings. The molecule has 1 aromatic rings. The Bertz CT molecular complexity index is 260. The van der Waals surface area contributed by atoms with E-state index in [0.717, 1.165) is 5.69 Å². The van der Waals surface area contributed by atoms with E-state index in [0.29, 0.717) is 0 Å². The highest BCUT2D eigenvalue weighted by atomic mass is 16.1. The molecule has 4 nitrogen and oxygen atoms in total. The van der Waals surface area contributed by atoms with Crippen LogP contribution in [0.25, 0.3) is 0 Å². The number of aromatic nitrogens is 2. The van der Waals surface area contributed by atoms with E-state index in [4.69, 9.17) is 0 Å². The van der Waals surface area contributed by atoms with E-state index in [1.165, 1.54) is 6.92 Å². The van der Waals surface area contributed by atoms with Crippen LogP contribution in [0.5, 0.6) is 0 Å². The third kappa shape index (κ3) is 2.30. The zero-order valence-electron chi connectivity index (χ0n) is 7.11. The summed E-state index contributed by atoms with van der Waals surface area (Å²) in [5, 5.41) is 2.72. The fraction of sp³-hybridized carbons (Fsp3) is 0.375. The van der Waals surface area contributed by atoms with E-state index in [2.05, 4.69) is 15.3 Å². The van der Waals surface area contributed by atoms with Crippen molar-refractivity contribution in [2.45, 2.75) is 19.9 Å². The molecular formula is C8H11N3O. The van der Waals surface area contributed by atoms with Gasteiger partial charge in [0.15, 0.2) is 0 Å². The Morgan fingerprint density at radius 2 is 2.33 bits per heavy atom. The van der Waals surface area contributed by atoms with Crippen molar-refractivity contribution in [3.63, 3.8) is 0 Å². The Balaban J connectivity index is 2.65. The number of carbonyl (C=O) groups is 1. The van der Waals surface area contributed by atoms with Gasteiger partial charge in [-0.1, -0.05) is 0 Å². The van der Waals surface area contributed by atoms with Gasteiger partial charge in [-0.05, 0) is 6.92 Å². The summed E-state index contributed by atoms with van der Waals surface area (Å²) in [6.07, 6.45) is 4.85. The standard InChI is InChI=1S/C8H11N3O/c1-6(11-7(2)12)8-5-9-3-4-10-8/h3-6H,1-2H3,(H,11,12)/t6-/m0/s1. The molecule has 0 aliphatic carbocycles. The van der Waals surface area contributed by atoms with Crippen molar-refractivity contribution >= 4 is 5.91 Å². The molecule has 1 aromatic heterocycles. The second-order valence-corrected chi connectivity index (χ2v) is 2.55. The summed E-state index contributed by atoms with van der Waals surface area (Å²) < 4.78 is 0. The highest BCUT2D eigenvalue weighted by Gasteiger charge is 2.06. The fourth-order valence-electron chi connectivity index (χ4n) is 0.913. The number of amides is 1. The Morgan fingerprint density at radius 3 is 2.83 bits per heavy atom. The third-order valence-electron chi connectivity index (χ3n) is 1.45. The molecule has 0 aliphatic heterocycles. The highest BCUT2D eigenvalue weighted by molar-refractivity contribution is 5.73. The van der Waals surface area contributed by atoms with Gasteiger partial charge in [-0.25, -0.2) is 0 Å². The topological polar surface area (TPSA) is 54.9 Å². The van der Waals surface area contributed by atoms with Gasteiger partial charge in [0.2, 0.25) is 5.91 Å². The molecule has 1 N–H and O–H groups in total. The maximum absolute atomic E-state index is 10.7. The molecule has 0 saturated carbocycles. The molecule has 0 aromatic carbocycles. The molecule has 0 radical (unpaired) electrons. The minimum atomic E-state index is -0.0730. The van der Waals surface area contributed by atoms with Crippen molar-refractivity contribution in [2.24, 2.45) is 0 Å². The van der Waals surface area contributed by atoms with Crippen molar-refractivity contribution in [1.82, 2.24) is 15.3 Å². The SMILES string of the molecule is CC(=O)N[C@@H](C)c1cnccn1. The van der Waals surface area contributed by atoms with Crippen LogP contribution in [0.3, 0.4) is 0 Å². The van der Waals surface area contributed by atoms with Gasteiger partial charge in [-0.2, -0.15) is 0 Å². The summed E-state index contributed by atoms with van der Waals surface area (Å²) in [5.41, 5.74) is 0.771. The molecule has 4 heteroatoms. The van der Waals surface area contributed by atoms with Gasteiger partial charge in [-0.3, -0.25) is 14.8 Å². The third-order valence-corrected chi connectivity index (χ3v) is 1.45. The molecule has 1 amide bonds. The van der Waals surface area contributed by atoms with E-state index in [1.54, 1.807) is 18.6 Å². The number of hydrogen-bond donors (Lipinski definition) is 1. The van der Waals surface area contributed by atoms with Crippen LogP contribution in [0.4, 0.5) is 0 Å². The van der Waals surface area contributed by atoms with Crippen LogP contribution in [0, 0.1) is 0 Å². The Morgan fingerprint density at radius 1 is 1.58 bits per heavy atom. The van der Waals surface area contributed by atoms with Crippen molar-refractivity contribution < 1.29 is 4.79 Å². The van der Waals surface area contributed by atoms with Gasteiger partial charge in [0, 0.05) is 19.3 Å². The Labute approximate surface area is 71.0 Å². The molecule has 0 saturated heterocycles. The van der Waals surface area contributed by atoms with Crippen molar-refractivity contribution in [3.8, 4) is 0 Å². The molecule has 0 bridgehead atoms. The van der Waals surface area contributed by atoms with E-state index in [9.17, 15) is 4.79 Å². The highest BCUT2D eigenvalue weighted by Crippen LogP contribution is 2.05. The van der Waals surface area contributed by atoms with Gasteiger partial charge in [0.05, 0.1) is 17.9 Å². The lowest BCUT2D eigenvalue weighted by atomic mass is 10.2. The average molecular weight is 165 g/mol. The molecule has 64 valence electrons. The van der Waals surface area contributed by atoms with E-state index in [-0.39, 0.29) is 11.9 Å². The largest absolute Gasteiger partial charge is 0.348 e. The Hall–Kier alpha value is -1.45. The van der Waals surface area contributed by atoms with E-state index < -0.39 is 0 Å². The first-order valence-corrected chi connectivity index (χ1v) is 3.73. The fourth-order valence-corrected chi connectivity index (χ4v) is 0.913. The molecule has 0 unspecified atom stereocenters. The molecule has 12 heavy (non-hydrogen) atoms. The summed E-state index contributed by atoms with van der Waals surface area (Å²) in [6.45, 7) is 3.35. The summed E-state index contributed by atoms with van der Waals surface area (Å²) >= 11 is 0. The molecule has 1 atom stereocenters. The lowest BCUT2D eigenvalue weighted by Crippen LogP contribution is -2.24. The van der Waals surface area contributed by atoms with E-state index >= 15 is 0 Å². The first-order valence-electron chi connectivity index (χ1n) is 3.73. The average Bonchev–Trinajstić information content (AvgIpc) is 2.05. The second kappa shape index (κ2) is 3.80. The number of rotatable bonds is 2. The van der Waals surface area contributed by atoms with Crippen LogP contribution in [-0.2, 0) is 4.79 Å². The molecule has 0 fully saturated rings. The summed E-state index contributed by atoms with van der Waals surface area (Å²) in [7, 11) is 0. The van der Waals surface area contributed by atoms with Crippen LogP contribution >= 0.6 is 0 Å². The first kappa shape index (κ1) is 8.64. The lowest BCUT2D eigenvalue weighted by Gasteiger charge is -2.10. The maximum atomic E-state index is 10.7. The van der Waals surface area contributed by atoms with Crippen LogP contribution in [0.2, 0.25) is 0 Å². The van der Waals surface area contributed by atoms with Gasteiger partial charge in [-0.15, -0.1) is 0 Å². The van der Waals surface area contributed by atoms with Gasteiger partial charge >= 0.3 is 0 Å². The zero-order valence-corrected chi connectivity index (χ0v) is 7.11. The Kier molecular flexibility index (Phi) is 2.74. The number of carbonyl (C=O) groups excluding carboxylic acids is 1. The predicted octanol–water partition coefficient (Wildman–Crippen LogP) is 0.674. The quantitative estimate of drug-likeness (QED) is 0.700. The van der Waals surface area contributed by atoms with Crippen LogP contribution in [-0.4, -0.2) is 15.9 Å². The summed E-state index contributed by atoms with van der Waals surface area (Å²) in [6, 6.07) is -0.0730. The summed E-state index contributed by atoms with van der Waals surface area (Å²) in [5.74, 6) is -0.0619. The van der Waals surface area contributed by atoms with Crippen LogP contribution < -0.4 is 5.32 Å². The monoisotopic (exact) mass is 165 g/mol. The number of nitrogens with zero attached hydrogens (tertiary/aromatic N) is 2. The maximum Gasteiger partial charge on any atom is 0.217 e. The lowest BCUT2D eigenvalue weighted by molar-refractivity contribution is -0.119. The normalized spacial score (nSPS) is 12.2. The minimum absolute atomic E-state index is 0.0619. The van der Waals surface area contributed by atoms with Crippen molar-refractivity contribution in [2.75, 3.05) is 0 Å². The second-order valence-electron chi connectivity index (χ2n) is 2.55. The number of hydrogen-bond acceptors (Lipinski definition) is 3. The predicted molar refractivity (Wildman–Crippen MR) is 44.3 cm³/mol. The summed E-state index contributed by atoms with van der Waals surface area (Å²) in [4.78, 5) is 18.6.